The zero-order valence-corrected chi connectivity index (χ0v) is 19.4. The topological polar surface area (TPSA) is 94.7 Å². The molecular formula is C23H40N8OS. The van der Waals surface area contributed by atoms with Gasteiger partial charge in [0.15, 0.2) is 22.8 Å². The molecular weight excluding hydrogens is 436 g/mol. The van der Waals surface area contributed by atoms with E-state index in [0.29, 0.717) is 23.9 Å². The maximum absolute atomic E-state index is 5.99. The maximum Gasteiger partial charge on any atom is 0.232 e. The standard InChI is InChI=1S/C21H30N8O.2CH4.H2S/c1-13(2)29-10-9-16(27-29)24-21-25-19(23-14(3)15-7-8-15)18-20(26-21)28(12-22-18)17-6-4-5-11-30-17;;;/h9-10,12-15,17H,4-8,11H2,1-3H3,(H2,23,24,25,26,27);2*1H4;1H2. The highest BCUT2D eigenvalue weighted by Crippen LogP contribution is 2.35. The first-order valence-corrected chi connectivity index (χ1v) is 11.0. The van der Waals surface area contributed by atoms with Crippen LogP contribution in [0.25, 0.3) is 11.2 Å². The third kappa shape index (κ3) is 5.78. The average molecular weight is 477 g/mol. The fraction of sp³-hybridized carbons (Fsp3) is 0.652. The van der Waals surface area contributed by atoms with Crippen molar-refractivity contribution in [2.24, 2.45) is 5.92 Å². The van der Waals surface area contributed by atoms with E-state index in [4.69, 9.17) is 14.7 Å². The summed E-state index contributed by atoms with van der Waals surface area (Å²) < 4.78 is 9.95. The van der Waals surface area contributed by atoms with Gasteiger partial charge in [-0.15, -0.1) is 0 Å². The lowest BCUT2D eigenvalue weighted by Crippen LogP contribution is -2.20. The lowest BCUT2D eigenvalue weighted by molar-refractivity contribution is -0.0298. The summed E-state index contributed by atoms with van der Waals surface area (Å²) in [6.07, 6.45) is 9.53. The van der Waals surface area contributed by atoms with Crippen LogP contribution in [0, 0.1) is 5.92 Å². The van der Waals surface area contributed by atoms with Crippen molar-refractivity contribution in [2.45, 2.75) is 86.0 Å². The Balaban J connectivity index is 0.00000128. The van der Waals surface area contributed by atoms with Gasteiger partial charge >= 0.3 is 0 Å². The van der Waals surface area contributed by atoms with Crippen LogP contribution in [0.1, 0.15) is 80.0 Å². The molecule has 1 aliphatic carbocycles. The van der Waals surface area contributed by atoms with E-state index in [2.05, 4.69) is 41.5 Å². The Morgan fingerprint density at radius 2 is 1.88 bits per heavy atom. The Labute approximate surface area is 204 Å². The SMILES string of the molecule is C.C.CC(Nc1nc(Nc2ccn(C(C)C)n2)nc2c1ncn2C1CCCCO1)C1CC1.S. The van der Waals surface area contributed by atoms with Gasteiger partial charge in [-0.05, 0) is 58.8 Å². The molecule has 2 N–H and O–H groups in total. The Morgan fingerprint density at radius 3 is 2.52 bits per heavy atom. The summed E-state index contributed by atoms with van der Waals surface area (Å²) in [6.45, 7) is 7.19. The molecule has 1 saturated carbocycles. The molecule has 3 aromatic rings. The second-order valence-electron chi connectivity index (χ2n) is 8.71. The van der Waals surface area contributed by atoms with Crippen molar-refractivity contribution in [3.8, 4) is 0 Å². The summed E-state index contributed by atoms with van der Waals surface area (Å²) in [5, 5.41) is 11.4. The molecule has 184 valence electrons. The Hall–Kier alpha value is -2.33. The molecule has 1 aliphatic heterocycles. The summed E-state index contributed by atoms with van der Waals surface area (Å²) in [5.74, 6) is 2.71. The number of nitrogens with zero attached hydrogens (tertiary/aromatic N) is 6. The highest BCUT2D eigenvalue weighted by atomic mass is 32.1. The minimum absolute atomic E-state index is 0. The van der Waals surface area contributed by atoms with Crippen LogP contribution in [0.15, 0.2) is 18.6 Å². The molecule has 2 unspecified atom stereocenters. The van der Waals surface area contributed by atoms with Gasteiger partial charge in [0.1, 0.15) is 6.23 Å². The van der Waals surface area contributed by atoms with Crippen LogP contribution in [0.3, 0.4) is 0 Å². The lowest BCUT2D eigenvalue weighted by Gasteiger charge is -2.24. The molecule has 1 saturated heterocycles. The predicted molar refractivity (Wildman–Crippen MR) is 140 cm³/mol. The van der Waals surface area contributed by atoms with E-state index < -0.39 is 0 Å². The van der Waals surface area contributed by atoms with Crippen molar-refractivity contribution >= 4 is 42.2 Å². The first kappa shape index (κ1) is 26.9. The molecule has 9 nitrogen and oxygen atoms in total. The van der Waals surface area contributed by atoms with E-state index in [0.717, 1.165) is 48.7 Å². The highest BCUT2D eigenvalue weighted by Gasteiger charge is 2.29. The minimum Gasteiger partial charge on any atom is -0.365 e. The van der Waals surface area contributed by atoms with Crippen LogP contribution < -0.4 is 10.6 Å². The number of hydrogen-bond donors (Lipinski definition) is 2. The third-order valence-corrected chi connectivity index (χ3v) is 5.96. The molecule has 2 atom stereocenters. The van der Waals surface area contributed by atoms with Crippen molar-refractivity contribution in [3.05, 3.63) is 18.6 Å². The molecule has 4 heterocycles. The average Bonchev–Trinajstić information content (AvgIpc) is 3.34. The van der Waals surface area contributed by atoms with Crippen LogP contribution in [-0.4, -0.2) is 41.9 Å². The van der Waals surface area contributed by atoms with Gasteiger partial charge in [-0.3, -0.25) is 9.25 Å². The number of fused-ring (bicyclic) bond motifs is 1. The largest absolute Gasteiger partial charge is 0.365 e. The lowest BCUT2D eigenvalue weighted by atomic mass is 10.2. The molecule has 5 rings (SSSR count). The maximum atomic E-state index is 5.99. The monoisotopic (exact) mass is 476 g/mol. The molecule has 0 bridgehead atoms. The normalized spacial score (nSPS) is 18.7. The van der Waals surface area contributed by atoms with Crippen molar-refractivity contribution in [1.82, 2.24) is 29.3 Å². The smallest absolute Gasteiger partial charge is 0.232 e. The van der Waals surface area contributed by atoms with Crippen LogP contribution in [-0.2, 0) is 4.74 Å². The molecule has 0 aromatic carbocycles. The molecule has 0 spiro atoms. The number of hydrogen-bond acceptors (Lipinski definition) is 7. The van der Waals surface area contributed by atoms with Crippen molar-refractivity contribution in [1.29, 1.82) is 0 Å². The zero-order chi connectivity index (χ0) is 20.7. The summed E-state index contributed by atoms with van der Waals surface area (Å²) in [4.78, 5) is 14.2. The molecule has 0 radical (unpaired) electrons. The van der Waals surface area contributed by atoms with Crippen molar-refractivity contribution in [3.63, 3.8) is 0 Å². The Kier molecular flexibility index (Phi) is 9.13. The van der Waals surface area contributed by atoms with E-state index in [-0.39, 0.29) is 34.6 Å². The summed E-state index contributed by atoms with van der Waals surface area (Å²) >= 11 is 0. The van der Waals surface area contributed by atoms with Gasteiger partial charge in [0.25, 0.3) is 0 Å². The van der Waals surface area contributed by atoms with Crippen molar-refractivity contribution in [2.75, 3.05) is 17.2 Å². The van der Waals surface area contributed by atoms with Crippen LogP contribution in [0.4, 0.5) is 17.6 Å². The quantitative estimate of drug-likeness (QED) is 0.455. The van der Waals surface area contributed by atoms with Gasteiger partial charge in [0.05, 0.1) is 6.33 Å². The predicted octanol–water partition coefficient (Wildman–Crippen LogP) is 5.64. The van der Waals surface area contributed by atoms with Gasteiger partial charge in [-0.25, -0.2) is 4.98 Å². The number of ether oxygens (including phenoxy) is 1. The van der Waals surface area contributed by atoms with E-state index in [1.807, 2.05) is 27.8 Å². The van der Waals surface area contributed by atoms with Gasteiger partial charge in [-0.2, -0.15) is 28.6 Å². The van der Waals surface area contributed by atoms with E-state index in [1.165, 1.54) is 12.8 Å². The highest BCUT2D eigenvalue weighted by molar-refractivity contribution is 7.59. The van der Waals surface area contributed by atoms with Crippen molar-refractivity contribution < 1.29 is 4.74 Å². The second kappa shape index (κ2) is 11.2. The first-order chi connectivity index (χ1) is 14.6. The molecule has 2 fully saturated rings. The Morgan fingerprint density at radius 1 is 1.09 bits per heavy atom. The molecule has 0 amide bonds. The van der Waals surface area contributed by atoms with Gasteiger partial charge in [-0.1, -0.05) is 14.9 Å². The van der Waals surface area contributed by atoms with Crippen LogP contribution in [0.5, 0.6) is 0 Å². The van der Waals surface area contributed by atoms with E-state index in [1.54, 1.807) is 0 Å². The fourth-order valence-corrected chi connectivity index (χ4v) is 3.96. The van der Waals surface area contributed by atoms with Gasteiger partial charge in [0.2, 0.25) is 5.95 Å². The van der Waals surface area contributed by atoms with E-state index >= 15 is 0 Å². The van der Waals surface area contributed by atoms with Crippen LogP contribution in [0.2, 0.25) is 0 Å². The molecule has 2 aliphatic rings. The number of anilines is 3. The molecule has 10 heteroatoms. The zero-order valence-electron chi connectivity index (χ0n) is 18.4. The van der Waals surface area contributed by atoms with Crippen LogP contribution >= 0.6 is 13.5 Å². The van der Waals surface area contributed by atoms with E-state index in [9.17, 15) is 0 Å². The fourth-order valence-electron chi connectivity index (χ4n) is 3.96. The number of nitrogens with one attached hydrogen (secondary N) is 2. The third-order valence-electron chi connectivity index (χ3n) is 5.96. The number of aromatic nitrogens is 6. The van der Waals surface area contributed by atoms with Gasteiger partial charge in [0, 0.05) is 31.0 Å². The van der Waals surface area contributed by atoms with Gasteiger partial charge < -0.3 is 15.4 Å². The summed E-state index contributed by atoms with van der Waals surface area (Å²) in [5.41, 5.74) is 1.57. The molecule has 33 heavy (non-hydrogen) atoms. The second-order valence-corrected chi connectivity index (χ2v) is 8.71. The first-order valence-electron chi connectivity index (χ1n) is 11.0. The number of rotatable bonds is 7. The number of imidazole rings is 1. The summed E-state index contributed by atoms with van der Waals surface area (Å²) in [6, 6.07) is 2.59. The summed E-state index contributed by atoms with van der Waals surface area (Å²) in [7, 11) is 0. The molecule has 3 aromatic heterocycles. The minimum atomic E-state index is -0.0274. The Bertz CT molecular complexity index is 1020.